The molecule has 2 saturated carbocycles. The zero-order valence-electron chi connectivity index (χ0n) is 11.4. The summed E-state index contributed by atoms with van der Waals surface area (Å²) < 4.78 is 0. The minimum absolute atomic E-state index is 0.394. The van der Waals surface area contributed by atoms with Gasteiger partial charge in [0.25, 0.3) is 0 Å². The van der Waals surface area contributed by atoms with Crippen molar-refractivity contribution in [3.63, 3.8) is 0 Å². The summed E-state index contributed by atoms with van der Waals surface area (Å²) in [4.78, 5) is 11.3. The summed E-state index contributed by atoms with van der Waals surface area (Å²) in [6, 6.07) is 5.61. The van der Waals surface area contributed by atoms with E-state index < -0.39 is 5.97 Å². The minimum Gasteiger partial charge on any atom is -0.478 e. The van der Waals surface area contributed by atoms with E-state index in [2.05, 4.69) is 5.32 Å². The van der Waals surface area contributed by atoms with Crippen LogP contribution < -0.4 is 5.32 Å². The second kappa shape index (κ2) is 4.87. The highest BCUT2D eigenvalue weighted by molar-refractivity contribution is 5.94. The first-order valence-electron chi connectivity index (χ1n) is 7.23. The van der Waals surface area contributed by atoms with Crippen molar-refractivity contribution >= 4 is 11.7 Å². The van der Waals surface area contributed by atoms with Crippen LogP contribution in [0.5, 0.6) is 0 Å². The van der Waals surface area contributed by atoms with Gasteiger partial charge in [0.15, 0.2) is 0 Å². The van der Waals surface area contributed by atoms with Crippen molar-refractivity contribution in [1.29, 1.82) is 0 Å². The predicted molar refractivity (Wildman–Crippen MR) is 75.6 cm³/mol. The molecule has 2 fully saturated rings. The van der Waals surface area contributed by atoms with Crippen LogP contribution in [0, 0.1) is 24.7 Å². The molecular formula is C16H21NO2. The lowest BCUT2D eigenvalue weighted by molar-refractivity contribution is 0.0698. The molecular weight excluding hydrogens is 238 g/mol. The van der Waals surface area contributed by atoms with E-state index in [9.17, 15) is 9.90 Å². The van der Waals surface area contributed by atoms with Gasteiger partial charge in [-0.15, -0.1) is 0 Å². The lowest BCUT2D eigenvalue weighted by atomic mass is 9.97. The smallest absolute Gasteiger partial charge is 0.337 e. The maximum atomic E-state index is 11.3. The van der Waals surface area contributed by atoms with Crippen molar-refractivity contribution in [2.45, 2.75) is 32.6 Å². The van der Waals surface area contributed by atoms with E-state index in [-0.39, 0.29) is 0 Å². The van der Waals surface area contributed by atoms with Crippen LogP contribution in [0.1, 0.15) is 41.6 Å². The van der Waals surface area contributed by atoms with Crippen LogP contribution in [0.4, 0.5) is 5.69 Å². The van der Waals surface area contributed by atoms with Gasteiger partial charge >= 0.3 is 5.97 Å². The Morgan fingerprint density at radius 1 is 1.32 bits per heavy atom. The largest absolute Gasteiger partial charge is 0.478 e. The molecule has 0 atom stereocenters. The Morgan fingerprint density at radius 3 is 2.47 bits per heavy atom. The Bertz CT molecular complexity index is 478. The fourth-order valence-electron chi connectivity index (χ4n) is 2.98. The van der Waals surface area contributed by atoms with Crippen LogP contribution in [-0.4, -0.2) is 17.6 Å². The summed E-state index contributed by atoms with van der Waals surface area (Å²) in [5, 5.41) is 12.6. The molecule has 0 unspecified atom stereocenters. The number of anilines is 1. The molecule has 0 radical (unpaired) electrons. The quantitative estimate of drug-likeness (QED) is 0.821. The number of nitrogens with one attached hydrogen (secondary N) is 1. The van der Waals surface area contributed by atoms with Crippen molar-refractivity contribution in [1.82, 2.24) is 0 Å². The first-order chi connectivity index (χ1) is 9.15. The Morgan fingerprint density at radius 2 is 1.95 bits per heavy atom. The summed E-state index contributed by atoms with van der Waals surface area (Å²) in [6.45, 7) is 2.85. The third-order valence-corrected chi connectivity index (χ3v) is 4.39. The van der Waals surface area contributed by atoms with Crippen molar-refractivity contribution in [2.75, 3.05) is 11.9 Å². The number of hydrogen-bond acceptors (Lipinski definition) is 2. The zero-order chi connectivity index (χ0) is 13.4. The molecule has 1 aromatic rings. The molecule has 3 heteroatoms. The monoisotopic (exact) mass is 259 g/mol. The molecule has 1 aromatic carbocycles. The fourth-order valence-corrected chi connectivity index (χ4v) is 2.98. The number of benzene rings is 1. The highest BCUT2D eigenvalue weighted by Crippen LogP contribution is 2.49. The van der Waals surface area contributed by atoms with Crippen LogP contribution in [0.25, 0.3) is 0 Å². The normalized spacial score (nSPS) is 18.6. The van der Waals surface area contributed by atoms with Gasteiger partial charge < -0.3 is 10.4 Å². The summed E-state index contributed by atoms with van der Waals surface area (Å²) in [6.07, 6.45) is 5.45. The molecule has 0 saturated heterocycles. The molecule has 19 heavy (non-hydrogen) atoms. The predicted octanol–water partition coefficient (Wildman–Crippen LogP) is 3.54. The highest BCUT2D eigenvalue weighted by Gasteiger charge is 2.41. The van der Waals surface area contributed by atoms with Crippen molar-refractivity contribution < 1.29 is 9.90 Å². The third-order valence-electron chi connectivity index (χ3n) is 4.39. The number of aromatic carboxylic acids is 1. The van der Waals surface area contributed by atoms with Gasteiger partial charge in [-0.1, -0.05) is 11.6 Å². The SMILES string of the molecule is Cc1ccc(NCC(C2CC2)C2CC2)c(C(=O)O)c1. The first-order valence-corrected chi connectivity index (χ1v) is 7.23. The van der Waals surface area contributed by atoms with Gasteiger partial charge in [-0.2, -0.15) is 0 Å². The van der Waals surface area contributed by atoms with Crippen LogP contribution in [0.15, 0.2) is 18.2 Å². The van der Waals surface area contributed by atoms with Gasteiger partial charge in [0.2, 0.25) is 0 Å². The maximum absolute atomic E-state index is 11.3. The Balaban J connectivity index is 1.70. The number of aryl methyl sites for hydroxylation is 1. The molecule has 3 rings (SSSR count). The average molecular weight is 259 g/mol. The van der Waals surface area contributed by atoms with Crippen molar-refractivity contribution in [2.24, 2.45) is 17.8 Å². The van der Waals surface area contributed by atoms with Crippen LogP contribution in [0.2, 0.25) is 0 Å². The van der Waals surface area contributed by atoms with Gasteiger partial charge in [0.05, 0.1) is 5.56 Å². The Hall–Kier alpha value is -1.51. The Labute approximate surface area is 114 Å². The van der Waals surface area contributed by atoms with Gasteiger partial charge in [0, 0.05) is 12.2 Å². The van der Waals surface area contributed by atoms with E-state index in [1.165, 1.54) is 25.7 Å². The standard InChI is InChI=1S/C16H21NO2/c1-10-2-7-15(13(8-10)16(18)19)17-9-14(11-3-4-11)12-5-6-12/h2,7-8,11-12,14,17H,3-6,9H2,1H3,(H,18,19). The molecule has 2 aliphatic rings. The average Bonchev–Trinajstić information content (AvgIpc) is 3.25. The summed E-state index contributed by atoms with van der Waals surface area (Å²) in [5.41, 5.74) is 2.15. The first kappa shape index (κ1) is 12.5. The summed E-state index contributed by atoms with van der Waals surface area (Å²) in [5.74, 6) is 1.68. The maximum Gasteiger partial charge on any atom is 0.337 e. The number of carbonyl (C=O) groups is 1. The number of carboxylic acid groups (broad SMARTS) is 1. The lowest BCUT2D eigenvalue weighted by Gasteiger charge is -2.18. The van der Waals surface area contributed by atoms with Crippen LogP contribution in [0.3, 0.4) is 0 Å². The molecule has 3 nitrogen and oxygen atoms in total. The van der Waals surface area contributed by atoms with Crippen molar-refractivity contribution in [3.8, 4) is 0 Å². The van der Waals surface area contributed by atoms with Crippen LogP contribution in [-0.2, 0) is 0 Å². The zero-order valence-corrected chi connectivity index (χ0v) is 11.4. The number of rotatable bonds is 6. The molecule has 0 amide bonds. The highest BCUT2D eigenvalue weighted by atomic mass is 16.4. The van der Waals surface area contributed by atoms with Gasteiger partial charge in [-0.05, 0) is 62.5 Å². The number of carboxylic acids is 1. The van der Waals surface area contributed by atoms with Gasteiger partial charge in [-0.25, -0.2) is 4.79 Å². The Kier molecular flexibility index (Phi) is 3.21. The van der Waals surface area contributed by atoms with Gasteiger partial charge in [0.1, 0.15) is 0 Å². The fraction of sp³-hybridized carbons (Fsp3) is 0.562. The molecule has 2 N–H and O–H groups in total. The molecule has 0 aliphatic heterocycles. The summed E-state index contributed by atoms with van der Waals surface area (Å²) >= 11 is 0. The third kappa shape index (κ3) is 2.91. The van der Waals surface area contributed by atoms with E-state index in [4.69, 9.17) is 0 Å². The second-order valence-corrected chi connectivity index (χ2v) is 6.07. The second-order valence-electron chi connectivity index (χ2n) is 6.07. The molecule has 2 aliphatic carbocycles. The van der Waals surface area contributed by atoms with E-state index in [1.54, 1.807) is 6.07 Å². The van der Waals surface area contributed by atoms with Gasteiger partial charge in [-0.3, -0.25) is 0 Å². The molecule has 0 spiro atoms. The topological polar surface area (TPSA) is 49.3 Å². The number of hydrogen-bond donors (Lipinski definition) is 2. The van der Waals surface area contributed by atoms with E-state index in [1.807, 2.05) is 19.1 Å². The van der Waals surface area contributed by atoms with E-state index >= 15 is 0 Å². The van der Waals surface area contributed by atoms with E-state index in [0.717, 1.165) is 35.5 Å². The van der Waals surface area contributed by atoms with Crippen molar-refractivity contribution in [3.05, 3.63) is 29.3 Å². The molecule has 0 aromatic heterocycles. The lowest BCUT2D eigenvalue weighted by Crippen LogP contribution is -2.19. The minimum atomic E-state index is -0.847. The van der Waals surface area contributed by atoms with Crippen LogP contribution >= 0.6 is 0 Å². The molecule has 102 valence electrons. The molecule has 0 heterocycles. The summed E-state index contributed by atoms with van der Waals surface area (Å²) in [7, 11) is 0. The van der Waals surface area contributed by atoms with E-state index in [0.29, 0.717) is 5.56 Å². The molecule has 0 bridgehead atoms.